The Morgan fingerprint density at radius 1 is 1.48 bits per heavy atom. The van der Waals surface area contributed by atoms with Crippen molar-refractivity contribution >= 4 is 28.8 Å². The fourth-order valence-electron chi connectivity index (χ4n) is 2.51. The highest BCUT2D eigenvalue weighted by Crippen LogP contribution is 2.15. The van der Waals surface area contributed by atoms with Gasteiger partial charge >= 0.3 is 0 Å². The smallest absolute Gasteiger partial charge is 0.225 e. The Morgan fingerprint density at radius 3 is 2.95 bits per heavy atom. The van der Waals surface area contributed by atoms with Gasteiger partial charge in [0.1, 0.15) is 4.99 Å². The molecule has 0 spiro atoms. The lowest BCUT2D eigenvalue weighted by Crippen LogP contribution is -2.39. The summed E-state index contributed by atoms with van der Waals surface area (Å²) >= 11 is 4.97. The minimum atomic E-state index is -0.267. The van der Waals surface area contributed by atoms with Crippen LogP contribution in [0.1, 0.15) is 24.8 Å². The van der Waals surface area contributed by atoms with Crippen molar-refractivity contribution in [1.82, 2.24) is 4.90 Å². The number of aliphatic hydroxyl groups is 1. The topological polar surface area (TPSA) is 78.6 Å². The van der Waals surface area contributed by atoms with E-state index in [-0.39, 0.29) is 17.0 Å². The number of hydrogen-bond acceptors (Lipinski definition) is 4. The second-order valence-electron chi connectivity index (χ2n) is 5.30. The first-order valence-corrected chi connectivity index (χ1v) is 7.56. The van der Waals surface area contributed by atoms with Crippen LogP contribution in [-0.4, -0.2) is 46.6 Å². The van der Waals surface area contributed by atoms with E-state index in [1.54, 1.807) is 12.1 Å². The predicted octanol–water partition coefficient (Wildman–Crippen LogP) is 1.11. The van der Waals surface area contributed by atoms with Crippen molar-refractivity contribution < 1.29 is 9.90 Å². The van der Waals surface area contributed by atoms with Crippen molar-refractivity contribution in [3.05, 3.63) is 29.8 Å². The molecule has 1 saturated heterocycles. The molecule has 1 amide bonds. The van der Waals surface area contributed by atoms with E-state index in [4.69, 9.17) is 18.0 Å². The molecule has 0 aromatic heterocycles. The van der Waals surface area contributed by atoms with Crippen molar-refractivity contribution in [2.75, 3.05) is 25.0 Å². The summed E-state index contributed by atoms with van der Waals surface area (Å²) in [4.78, 5) is 14.4. The van der Waals surface area contributed by atoms with Crippen molar-refractivity contribution in [2.24, 2.45) is 5.73 Å². The third kappa shape index (κ3) is 4.77. The van der Waals surface area contributed by atoms with Gasteiger partial charge in [-0.05, 0) is 31.5 Å². The van der Waals surface area contributed by atoms with Crippen LogP contribution in [0.2, 0.25) is 0 Å². The summed E-state index contributed by atoms with van der Waals surface area (Å²) in [6.45, 7) is 2.24. The number of likely N-dealkylation sites (tertiary alicyclic amines) is 1. The minimum Gasteiger partial charge on any atom is -0.392 e. The van der Waals surface area contributed by atoms with E-state index in [1.165, 1.54) is 0 Å². The van der Waals surface area contributed by atoms with E-state index in [9.17, 15) is 9.90 Å². The number of carbonyl (C=O) groups is 1. The van der Waals surface area contributed by atoms with Crippen LogP contribution < -0.4 is 11.1 Å². The van der Waals surface area contributed by atoms with Gasteiger partial charge in [-0.15, -0.1) is 0 Å². The first-order chi connectivity index (χ1) is 10.1. The second kappa shape index (κ2) is 7.49. The number of hydrogen-bond donors (Lipinski definition) is 3. The third-order valence-corrected chi connectivity index (χ3v) is 3.82. The third-order valence-electron chi connectivity index (χ3n) is 3.60. The number of rotatable bonds is 5. The molecule has 2 rings (SSSR count). The average Bonchev–Trinajstić information content (AvgIpc) is 2.45. The van der Waals surface area contributed by atoms with Crippen LogP contribution in [-0.2, 0) is 4.79 Å². The van der Waals surface area contributed by atoms with Crippen LogP contribution in [0.3, 0.4) is 0 Å². The van der Waals surface area contributed by atoms with E-state index in [0.29, 0.717) is 30.8 Å². The van der Waals surface area contributed by atoms with Crippen LogP contribution in [0.5, 0.6) is 0 Å². The summed E-state index contributed by atoms with van der Waals surface area (Å²) in [5.74, 6) is -0.0706. The molecule has 1 heterocycles. The first kappa shape index (κ1) is 15.9. The summed E-state index contributed by atoms with van der Waals surface area (Å²) < 4.78 is 0. The van der Waals surface area contributed by atoms with Gasteiger partial charge in [0.2, 0.25) is 5.91 Å². The zero-order valence-corrected chi connectivity index (χ0v) is 12.7. The van der Waals surface area contributed by atoms with Gasteiger partial charge in [0, 0.05) is 25.1 Å². The maximum atomic E-state index is 12.0. The number of benzene rings is 1. The number of nitrogens with two attached hydrogens (primary N) is 1. The van der Waals surface area contributed by atoms with Gasteiger partial charge < -0.3 is 21.1 Å². The molecule has 114 valence electrons. The first-order valence-electron chi connectivity index (χ1n) is 7.15. The highest BCUT2D eigenvalue weighted by molar-refractivity contribution is 7.80. The van der Waals surface area contributed by atoms with Crippen molar-refractivity contribution in [3.8, 4) is 0 Å². The fraction of sp³-hybridized carbons (Fsp3) is 0.467. The Hall–Kier alpha value is -1.50. The lowest BCUT2D eigenvalue weighted by atomic mass is 10.1. The van der Waals surface area contributed by atoms with E-state index < -0.39 is 0 Å². The fourth-order valence-corrected chi connectivity index (χ4v) is 2.69. The van der Waals surface area contributed by atoms with E-state index in [1.807, 2.05) is 12.1 Å². The van der Waals surface area contributed by atoms with Crippen molar-refractivity contribution in [1.29, 1.82) is 0 Å². The summed E-state index contributed by atoms with van der Waals surface area (Å²) in [5.41, 5.74) is 6.96. The normalized spacial score (nSPS) is 19.2. The van der Waals surface area contributed by atoms with Crippen molar-refractivity contribution in [3.63, 3.8) is 0 Å². The maximum Gasteiger partial charge on any atom is 0.225 e. The Morgan fingerprint density at radius 2 is 2.24 bits per heavy atom. The number of para-hydroxylation sites is 1. The number of aliphatic hydroxyl groups excluding tert-OH is 1. The van der Waals surface area contributed by atoms with Gasteiger partial charge in [0.05, 0.1) is 11.8 Å². The number of piperidine rings is 1. The molecular formula is C15H21N3O2S. The molecule has 1 aromatic rings. The number of thiocarbonyl (C=S) groups is 1. The second-order valence-corrected chi connectivity index (χ2v) is 5.74. The highest BCUT2D eigenvalue weighted by Gasteiger charge is 2.18. The maximum absolute atomic E-state index is 12.0. The molecule has 21 heavy (non-hydrogen) atoms. The predicted molar refractivity (Wildman–Crippen MR) is 87.3 cm³/mol. The molecule has 0 aliphatic carbocycles. The van der Waals surface area contributed by atoms with Gasteiger partial charge in [-0.25, -0.2) is 0 Å². The van der Waals surface area contributed by atoms with Gasteiger partial charge in [0.15, 0.2) is 0 Å². The minimum absolute atomic E-state index is 0.0706. The van der Waals surface area contributed by atoms with Crippen LogP contribution in [0.4, 0.5) is 5.69 Å². The summed E-state index contributed by atoms with van der Waals surface area (Å²) in [6, 6.07) is 7.24. The SMILES string of the molecule is NC(=S)c1ccccc1NC(=O)CCN1CCCC(O)C1. The molecule has 5 nitrogen and oxygen atoms in total. The molecule has 0 bridgehead atoms. The van der Waals surface area contributed by atoms with Gasteiger partial charge in [-0.3, -0.25) is 4.79 Å². The van der Waals surface area contributed by atoms with Gasteiger partial charge in [0.25, 0.3) is 0 Å². The molecule has 0 saturated carbocycles. The molecular weight excluding hydrogens is 286 g/mol. The Labute approximate surface area is 130 Å². The summed E-state index contributed by atoms with van der Waals surface area (Å²) in [5, 5.41) is 12.5. The largest absolute Gasteiger partial charge is 0.392 e. The standard InChI is InChI=1S/C15H21N3O2S/c16-15(21)12-5-1-2-6-13(12)17-14(20)7-9-18-8-3-4-11(19)10-18/h1-2,5-6,11,19H,3-4,7-10H2,(H2,16,21)(H,17,20). The Kier molecular flexibility index (Phi) is 5.67. The molecule has 1 aromatic carbocycles. The average molecular weight is 307 g/mol. The van der Waals surface area contributed by atoms with E-state index in [2.05, 4.69) is 10.2 Å². The molecule has 4 N–H and O–H groups in total. The lowest BCUT2D eigenvalue weighted by molar-refractivity contribution is -0.116. The number of carbonyl (C=O) groups excluding carboxylic acids is 1. The molecule has 1 unspecified atom stereocenters. The highest BCUT2D eigenvalue weighted by atomic mass is 32.1. The van der Waals surface area contributed by atoms with Crippen LogP contribution >= 0.6 is 12.2 Å². The molecule has 6 heteroatoms. The molecule has 1 atom stereocenters. The number of amides is 1. The van der Waals surface area contributed by atoms with Crippen LogP contribution in [0.25, 0.3) is 0 Å². The van der Waals surface area contributed by atoms with E-state index >= 15 is 0 Å². The van der Waals surface area contributed by atoms with Crippen LogP contribution in [0.15, 0.2) is 24.3 Å². The Balaban J connectivity index is 1.86. The number of nitrogens with zero attached hydrogens (tertiary/aromatic N) is 1. The zero-order valence-electron chi connectivity index (χ0n) is 11.9. The number of anilines is 1. The molecule has 0 radical (unpaired) electrons. The summed E-state index contributed by atoms with van der Waals surface area (Å²) in [6.07, 6.45) is 1.95. The van der Waals surface area contributed by atoms with Crippen molar-refractivity contribution in [2.45, 2.75) is 25.4 Å². The Bertz CT molecular complexity index is 521. The number of β-amino-alcohol motifs (C(OH)–C–C–N with tert-alkyl or cyclic N) is 1. The quantitative estimate of drug-likeness (QED) is 0.710. The lowest BCUT2D eigenvalue weighted by Gasteiger charge is -2.29. The van der Waals surface area contributed by atoms with Gasteiger partial charge in [-0.2, -0.15) is 0 Å². The zero-order chi connectivity index (χ0) is 15.2. The monoisotopic (exact) mass is 307 g/mol. The molecule has 1 aliphatic rings. The summed E-state index contributed by atoms with van der Waals surface area (Å²) in [7, 11) is 0. The van der Waals surface area contributed by atoms with E-state index in [0.717, 1.165) is 19.4 Å². The van der Waals surface area contributed by atoms with Gasteiger partial charge in [-0.1, -0.05) is 24.4 Å². The number of nitrogens with one attached hydrogen (secondary N) is 1. The van der Waals surface area contributed by atoms with Crippen LogP contribution in [0, 0.1) is 0 Å². The molecule has 1 fully saturated rings. The molecule has 1 aliphatic heterocycles.